The van der Waals surface area contributed by atoms with E-state index in [2.05, 4.69) is 23.6 Å². The van der Waals surface area contributed by atoms with E-state index in [-0.39, 0.29) is 0 Å². The molecular formula is C14H22N2O3. The number of nitrogens with one attached hydrogen (secondary N) is 2. The molecule has 0 aromatic heterocycles. The summed E-state index contributed by atoms with van der Waals surface area (Å²) in [5.74, 6) is 0.0452. The Labute approximate surface area is 114 Å². The number of rotatable bonds is 8. The minimum atomic E-state index is -0.848. The Balaban J connectivity index is 2.56. The molecule has 0 aliphatic heterocycles. The summed E-state index contributed by atoms with van der Waals surface area (Å²) in [6, 6.07) is 5.45. The fourth-order valence-electron chi connectivity index (χ4n) is 1.89. The summed E-state index contributed by atoms with van der Waals surface area (Å²) in [5.41, 5.74) is 2.28. The number of carboxylic acids is 1. The van der Waals surface area contributed by atoms with Gasteiger partial charge in [0.25, 0.3) is 0 Å². The number of hydrogen-bond acceptors (Lipinski definition) is 4. The Kier molecular flexibility index (Phi) is 6.32. The molecule has 0 spiro atoms. The number of ether oxygens (including phenoxy) is 1. The van der Waals surface area contributed by atoms with Gasteiger partial charge in [-0.3, -0.25) is 4.79 Å². The van der Waals surface area contributed by atoms with E-state index >= 15 is 0 Å². The van der Waals surface area contributed by atoms with Gasteiger partial charge in [-0.15, -0.1) is 0 Å². The number of benzene rings is 1. The first-order valence-corrected chi connectivity index (χ1v) is 6.39. The van der Waals surface area contributed by atoms with Crippen molar-refractivity contribution in [3.05, 3.63) is 29.3 Å². The first-order chi connectivity index (χ1) is 9.12. The Morgan fingerprint density at radius 3 is 2.74 bits per heavy atom. The Morgan fingerprint density at radius 1 is 1.47 bits per heavy atom. The average Bonchev–Trinajstić information content (AvgIpc) is 2.42. The zero-order valence-electron chi connectivity index (χ0n) is 11.7. The van der Waals surface area contributed by atoms with Gasteiger partial charge < -0.3 is 20.5 Å². The van der Waals surface area contributed by atoms with Crippen LogP contribution in [0.15, 0.2) is 18.2 Å². The lowest BCUT2D eigenvalue weighted by molar-refractivity contribution is -0.139. The van der Waals surface area contributed by atoms with Crippen LogP contribution in [0, 0.1) is 0 Å². The SMILES string of the molecule is CCc1cc(CNCC(NC)C(=O)O)ccc1OC. The van der Waals surface area contributed by atoms with Crippen molar-refractivity contribution in [2.75, 3.05) is 20.7 Å². The van der Waals surface area contributed by atoms with Crippen molar-refractivity contribution in [3.63, 3.8) is 0 Å². The molecule has 0 fully saturated rings. The van der Waals surface area contributed by atoms with Crippen LogP contribution in [0.5, 0.6) is 5.75 Å². The molecule has 1 aromatic rings. The Bertz CT molecular complexity index is 421. The highest BCUT2D eigenvalue weighted by atomic mass is 16.5. The van der Waals surface area contributed by atoms with E-state index in [1.165, 1.54) is 0 Å². The highest BCUT2D eigenvalue weighted by molar-refractivity contribution is 5.73. The van der Waals surface area contributed by atoms with Gasteiger partial charge in [0.15, 0.2) is 0 Å². The molecule has 1 unspecified atom stereocenters. The van der Waals surface area contributed by atoms with E-state index in [0.29, 0.717) is 13.1 Å². The van der Waals surface area contributed by atoms with Crippen molar-refractivity contribution in [2.45, 2.75) is 25.9 Å². The van der Waals surface area contributed by atoms with E-state index in [0.717, 1.165) is 23.3 Å². The summed E-state index contributed by atoms with van der Waals surface area (Å²) in [6.45, 7) is 3.11. The molecule has 19 heavy (non-hydrogen) atoms. The van der Waals surface area contributed by atoms with Gasteiger partial charge in [-0.05, 0) is 30.7 Å². The van der Waals surface area contributed by atoms with Crippen LogP contribution in [0.3, 0.4) is 0 Å². The largest absolute Gasteiger partial charge is 0.496 e. The second kappa shape index (κ2) is 7.76. The number of aryl methyl sites for hydroxylation is 1. The fraction of sp³-hybridized carbons (Fsp3) is 0.500. The number of carbonyl (C=O) groups is 1. The number of hydrogen-bond donors (Lipinski definition) is 3. The third kappa shape index (κ3) is 4.54. The molecule has 106 valence electrons. The van der Waals surface area contributed by atoms with Gasteiger partial charge in [-0.1, -0.05) is 19.1 Å². The maximum absolute atomic E-state index is 10.8. The summed E-state index contributed by atoms with van der Waals surface area (Å²) in [4.78, 5) is 10.8. The van der Waals surface area contributed by atoms with Crippen molar-refractivity contribution in [3.8, 4) is 5.75 Å². The minimum Gasteiger partial charge on any atom is -0.496 e. The van der Waals surface area contributed by atoms with Crippen LogP contribution in [0.2, 0.25) is 0 Å². The summed E-state index contributed by atoms with van der Waals surface area (Å²) in [6.07, 6.45) is 0.908. The van der Waals surface area contributed by atoms with E-state index < -0.39 is 12.0 Å². The molecule has 0 aliphatic rings. The second-order valence-electron chi connectivity index (χ2n) is 4.31. The van der Waals surface area contributed by atoms with Gasteiger partial charge >= 0.3 is 5.97 Å². The van der Waals surface area contributed by atoms with Crippen LogP contribution in [0.4, 0.5) is 0 Å². The van der Waals surface area contributed by atoms with Crippen LogP contribution in [-0.2, 0) is 17.8 Å². The smallest absolute Gasteiger partial charge is 0.322 e. The average molecular weight is 266 g/mol. The highest BCUT2D eigenvalue weighted by Gasteiger charge is 2.13. The number of likely N-dealkylation sites (N-methyl/N-ethyl adjacent to an activating group) is 1. The maximum atomic E-state index is 10.8. The predicted octanol–water partition coefficient (Wildman–Crippen LogP) is 1.02. The lowest BCUT2D eigenvalue weighted by Crippen LogP contribution is -2.42. The number of aliphatic carboxylic acids is 1. The maximum Gasteiger partial charge on any atom is 0.322 e. The van der Waals surface area contributed by atoms with Gasteiger partial charge in [-0.25, -0.2) is 0 Å². The zero-order valence-corrected chi connectivity index (χ0v) is 11.7. The molecule has 0 saturated heterocycles. The van der Waals surface area contributed by atoms with E-state index in [1.807, 2.05) is 12.1 Å². The first-order valence-electron chi connectivity index (χ1n) is 6.39. The van der Waals surface area contributed by atoms with Crippen LogP contribution in [-0.4, -0.2) is 37.8 Å². The summed E-state index contributed by atoms with van der Waals surface area (Å²) >= 11 is 0. The molecule has 1 rings (SSSR count). The molecule has 0 amide bonds. The zero-order chi connectivity index (χ0) is 14.3. The standard InChI is InChI=1S/C14H22N2O3/c1-4-11-7-10(5-6-13(11)19-3)8-16-9-12(15-2)14(17)18/h5-7,12,15-16H,4,8-9H2,1-3H3,(H,17,18). The van der Waals surface area contributed by atoms with Gasteiger partial charge in [0.05, 0.1) is 7.11 Å². The van der Waals surface area contributed by atoms with Gasteiger partial charge in [0.2, 0.25) is 0 Å². The lowest BCUT2D eigenvalue weighted by atomic mass is 10.1. The van der Waals surface area contributed by atoms with Crippen LogP contribution in [0.25, 0.3) is 0 Å². The molecule has 3 N–H and O–H groups in total. The molecule has 0 aliphatic carbocycles. The lowest BCUT2D eigenvalue weighted by Gasteiger charge is -2.13. The van der Waals surface area contributed by atoms with E-state index in [9.17, 15) is 4.79 Å². The molecular weight excluding hydrogens is 244 g/mol. The topological polar surface area (TPSA) is 70.6 Å². The van der Waals surface area contributed by atoms with E-state index in [1.54, 1.807) is 14.2 Å². The molecule has 5 nitrogen and oxygen atoms in total. The molecule has 0 radical (unpaired) electrons. The van der Waals surface area contributed by atoms with Crippen LogP contribution >= 0.6 is 0 Å². The van der Waals surface area contributed by atoms with Crippen molar-refractivity contribution in [1.82, 2.24) is 10.6 Å². The van der Waals surface area contributed by atoms with Gasteiger partial charge in [-0.2, -0.15) is 0 Å². The fourth-order valence-corrected chi connectivity index (χ4v) is 1.89. The summed E-state index contributed by atoms with van der Waals surface area (Å²) in [5, 5.41) is 14.8. The molecule has 1 aromatic carbocycles. The van der Waals surface area contributed by atoms with Crippen LogP contribution in [0.1, 0.15) is 18.1 Å². The molecule has 0 bridgehead atoms. The summed E-state index contributed by atoms with van der Waals surface area (Å²) < 4.78 is 5.27. The normalized spacial score (nSPS) is 12.2. The molecule has 0 saturated carbocycles. The Hall–Kier alpha value is -1.59. The van der Waals surface area contributed by atoms with Crippen molar-refractivity contribution in [1.29, 1.82) is 0 Å². The molecule has 5 heteroatoms. The van der Waals surface area contributed by atoms with Gasteiger partial charge in [0.1, 0.15) is 11.8 Å². The van der Waals surface area contributed by atoms with Gasteiger partial charge in [0, 0.05) is 13.1 Å². The molecule has 1 atom stereocenters. The van der Waals surface area contributed by atoms with E-state index in [4.69, 9.17) is 9.84 Å². The number of carboxylic acid groups (broad SMARTS) is 1. The monoisotopic (exact) mass is 266 g/mol. The second-order valence-corrected chi connectivity index (χ2v) is 4.31. The predicted molar refractivity (Wildman–Crippen MR) is 74.6 cm³/mol. The highest BCUT2D eigenvalue weighted by Crippen LogP contribution is 2.20. The third-order valence-corrected chi connectivity index (χ3v) is 3.05. The van der Waals surface area contributed by atoms with Crippen molar-refractivity contribution >= 4 is 5.97 Å². The summed E-state index contributed by atoms with van der Waals surface area (Å²) in [7, 11) is 3.31. The van der Waals surface area contributed by atoms with Crippen LogP contribution < -0.4 is 15.4 Å². The number of methoxy groups -OCH3 is 1. The van der Waals surface area contributed by atoms with Crippen molar-refractivity contribution in [2.24, 2.45) is 0 Å². The quantitative estimate of drug-likeness (QED) is 0.655. The van der Waals surface area contributed by atoms with Crippen molar-refractivity contribution < 1.29 is 14.6 Å². The minimum absolute atomic E-state index is 0.388. The Morgan fingerprint density at radius 2 is 2.21 bits per heavy atom. The first kappa shape index (κ1) is 15.5. The third-order valence-electron chi connectivity index (χ3n) is 3.05. The molecule has 0 heterocycles.